The van der Waals surface area contributed by atoms with Gasteiger partial charge in [0.2, 0.25) is 5.82 Å². The van der Waals surface area contributed by atoms with Crippen LogP contribution in [0.5, 0.6) is 0 Å². The van der Waals surface area contributed by atoms with E-state index in [4.69, 9.17) is 0 Å². The molecule has 1 N–H and O–H groups in total. The lowest BCUT2D eigenvalue weighted by Gasteiger charge is -2.12. The lowest BCUT2D eigenvalue weighted by Crippen LogP contribution is -2.20. The minimum atomic E-state index is -0.370. The summed E-state index contributed by atoms with van der Waals surface area (Å²) >= 11 is 0. The van der Waals surface area contributed by atoms with E-state index in [0.29, 0.717) is 17.3 Å². The van der Waals surface area contributed by atoms with E-state index in [-0.39, 0.29) is 10.6 Å². The first-order valence-corrected chi connectivity index (χ1v) is 6.10. The maximum atomic E-state index is 11.0. The van der Waals surface area contributed by atoms with Crippen molar-refractivity contribution in [2.24, 2.45) is 5.92 Å². The summed E-state index contributed by atoms with van der Waals surface area (Å²) in [7, 11) is 2.09. The van der Waals surface area contributed by atoms with Gasteiger partial charge in [-0.25, -0.2) is 4.98 Å². The topological polar surface area (TPSA) is 71.3 Å². The summed E-state index contributed by atoms with van der Waals surface area (Å²) in [6.07, 6.45) is 2.73. The number of nitrogens with zero attached hydrogens (tertiary/aromatic N) is 3. The third-order valence-corrected chi connectivity index (χ3v) is 3.36. The number of aromatic nitrogens is 1. The predicted molar refractivity (Wildman–Crippen MR) is 69.7 cm³/mol. The number of rotatable bonds is 4. The van der Waals surface area contributed by atoms with E-state index in [2.05, 4.69) is 22.2 Å². The molecule has 1 aliphatic heterocycles. The molecule has 1 aromatic rings. The van der Waals surface area contributed by atoms with Gasteiger partial charge < -0.3 is 10.2 Å². The van der Waals surface area contributed by atoms with Crippen molar-refractivity contribution < 1.29 is 4.92 Å². The van der Waals surface area contributed by atoms with Crippen LogP contribution in [-0.4, -0.2) is 41.5 Å². The summed E-state index contributed by atoms with van der Waals surface area (Å²) in [6.45, 7) is 4.60. The Kier molecular flexibility index (Phi) is 3.76. The number of likely N-dealkylation sites (tertiary alicyclic amines) is 1. The van der Waals surface area contributed by atoms with Crippen LogP contribution < -0.4 is 5.32 Å². The van der Waals surface area contributed by atoms with Crippen molar-refractivity contribution in [3.05, 3.63) is 27.9 Å². The van der Waals surface area contributed by atoms with Crippen molar-refractivity contribution in [3.8, 4) is 0 Å². The molecule has 1 aliphatic rings. The van der Waals surface area contributed by atoms with Gasteiger partial charge in [0.25, 0.3) is 0 Å². The number of anilines is 1. The maximum absolute atomic E-state index is 11.0. The molecule has 0 aromatic carbocycles. The van der Waals surface area contributed by atoms with Crippen LogP contribution in [0.3, 0.4) is 0 Å². The quantitative estimate of drug-likeness (QED) is 0.650. The second-order valence-electron chi connectivity index (χ2n) is 4.88. The molecular weight excluding hydrogens is 232 g/mol. The van der Waals surface area contributed by atoms with Gasteiger partial charge in [-0.3, -0.25) is 10.1 Å². The van der Waals surface area contributed by atoms with Crippen LogP contribution in [0.4, 0.5) is 11.5 Å². The Balaban J connectivity index is 2.05. The SMILES string of the molecule is Cc1ccnc(NCC2CCN(C)C2)c1[N+](=O)[O-]. The molecule has 0 bridgehead atoms. The molecule has 18 heavy (non-hydrogen) atoms. The van der Waals surface area contributed by atoms with Crippen molar-refractivity contribution >= 4 is 11.5 Å². The second kappa shape index (κ2) is 5.30. The van der Waals surface area contributed by atoms with Gasteiger partial charge in [-0.2, -0.15) is 0 Å². The van der Waals surface area contributed by atoms with Crippen molar-refractivity contribution in [1.82, 2.24) is 9.88 Å². The van der Waals surface area contributed by atoms with Gasteiger partial charge in [0.15, 0.2) is 0 Å². The van der Waals surface area contributed by atoms with E-state index in [9.17, 15) is 10.1 Å². The minimum Gasteiger partial charge on any atom is -0.364 e. The average Bonchev–Trinajstić information content (AvgIpc) is 2.72. The van der Waals surface area contributed by atoms with Gasteiger partial charge in [-0.1, -0.05) is 0 Å². The fraction of sp³-hybridized carbons (Fsp3) is 0.583. The Labute approximate surface area is 106 Å². The molecule has 2 rings (SSSR count). The first kappa shape index (κ1) is 12.8. The summed E-state index contributed by atoms with van der Waals surface area (Å²) < 4.78 is 0. The minimum absolute atomic E-state index is 0.0869. The summed E-state index contributed by atoms with van der Waals surface area (Å²) in [5.74, 6) is 0.923. The Hall–Kier alpha value is -1.69. The number of pyridine rings is 1. The fourth-order valence-corrected chi connectivity index (χ4v) is 2.34. The first-order valence-electron chi connectivity index (χ1n) is 6.10. The molecule has 6 nitrogen and oxygen atoms in total. The molecule has 0 radical (unpaired) electrons. The number of aryl methyl sites for hydroxylation is 1. The fourth-order valence-electron chi connectivity index (χ4n) is 2.34. The Morgan fingerprint density at radius 3 is 3.06 bits per heavy atom. The highest BCUT2D eigenvalue weighted by molar-refractivity contribution is 5.59. The first-order chi connectivity index (χ1) is 8.58. The third kappa shape index (κ3) is 2.76. The van der Waals surface area contributed by atoms with Crippen LogP contribution in [0.25, 0.3) is 0 Å². The lowest BCUT2D eigenvalue weighted by molar-refractivity contribution is -0.384. The van der Waals surface area contributed by atoms with Gasteiger partial charge in [0.05, 0.1) is 4.92 Å². The van der Waals surface area contributed by atoms with Crippen LogP contribution in [0, 0.1) is 23.0 Å². The Morgan fingerprint density at radius 1 is 1.67 bits per heavy atom. The highest BCUT2D eigenvalue weighted by Crippen LogP contribution is 2.26. The number of hydrogen-bond donors (Lipinski definition) is 1. The molecule has 98 valence electrons. The third-order valence-electron chi connectivity index (χ3n) is 3.36. The summed E-state index contributed by atoms with van der Waals surface area (Å²) in [5.41, 5.74) is 0.727. The number of nitrogens with one attached hydrogen (secondary N) is 1. The van der Waals surface area contributed by atoms with E-state index in [1.165, 1.54) is 0 Å². The van der Waals surface area contributed by atoms with Gasteiger partial charge >= 0.3 is 5.69 Å². The Morgan fingerprint density at radius 2 is 2.44 bits per heavy atom. The summed E-state index contributed by atoms with van der Waals surface area (Å²) in [5, 5.41) is 14.1. The standard InChI is InChI=1S/C12H18N4O2/c1-9-3-5-13-12(11(9)16(17)18)14-7-10-4-6-15(2)8-10/h3,5,10H,4,6-8H2,1-2H3,(H,13,14). The predicted octanol–water partition coefficient (Wildman–Crippen LogP) is 1.66. The smallest absolute Gasteiger partial charge is 0.314 e. The second-order valence-corrected chi connectivity index (χ2v) is 4.88. The molecule has 1 saturated heterocycles. The number of nitro groups is 1. The summed E-state index contributed by atoms with van der Waals surface area (Å²) in [6, 6.07) is 1.66. The van der Waals surface area contributed by atoms with E-state index in [1.54, 1.807) is 19.2 Å². The molecule has 1 aromatic heterocycles. The zero-order chi connectivity index (χ0) is 13.1. The van der Waals surface area contributed by atoms with Crippen LogP contribution >= 0.6 is 0 Å². The van der Waals surface area contributed by atoms with Crippen molar-refractivity contribution in [3.63, 3.8) is 0 Å². The molecule has 0 amide bonds. The van der Waals surface area contributed by atoms with E-state index >= 15 is 0 Å². The molecule has 6 heteroatoms. The van der Waals surface area contributed by atoms with E-state index in [0.717, 1.165) is 26.1 Å². The molecule has 1 fully saturated rings. The monoisotopic (exact) mass is 250 g/mol. The molecule has 0 aliphatic carbocycles. The molecule has 2 heterocycles. The van der Waals surface area contributed by atoms with Gasteiger partial charge in [-0.15, -0.1) is 0 Å². The van der Waals surface area contributed by atoms with E-state index in [1.807, 2.05) is 0 Å². The van der Waals surface area contributed by atoms with E-state index < -0.39 is 0 Å². The van der Waals surface area contributed by atoms with Gasteiger partial charge in [0.1, 0.15) is 0 Å². The van der Waals surface area contributed by atoms with Crippen LogP contribution in [0.1, 0.15) is 12.0 Å². The normalized spacial score (nSPS) is 20.0. The summed E-state index contributed by atoms with van der Waals surface area (Å²) in [4.78, 5) is 17.0. The molecule has 1 unspecified atom stereocenters. The molecule has 0 spiro atoms. The van der Waals surface area contributed by atoms with Crippen LogP contribution in [0.2, 0.25) is 0 Å². The van der Waals surface area contributed by atoms with Crippen molar-refractivity contribution in [1.29, 1.82) is 0 Å². The van der Waals surface area contributed by atoms with Crippen molar-refractivity contribution in [2.45, 2.75) is 13.3 Å². The average molecular weight is 250 g/mol. The number of hydrogen-bond acceptors (Lipinski definition) is 5. The van der Waals surface area contributed by atoms with Crippen LogP contribution in [0.15, 0.2) is 12.3 Å². The Bertz CT molecular complexity index is 450. The zero-order valence-corrected chi connectivity index (χ0v) is 10.7. The largest absolute Gasteiger partial charge is 0.364 e. The molecule has 1 atom stereocenters. The lowest BCUT2D eigenvalue weighted by atomic mass is 10.1. The van der Waals surface area contributed by atoms with Gasteiger partial charge in [0, 0.05) is 24.8 Å². The van der Waals surface area contributed by atoms with Crippen LogP contribution in [-0.2, 0) is 0 Å². The molecule has 0 saturated carbocycles. The van der Waals surface area contributed by atoms with Crippen molar-refractivity contribution in [2.75, 3.05) is 32.0 Å². The molecular formula is C12H18N4O2. The highest BCUT2D eigenvalue weighted by Gasteiger charge is 2.22. The zero-order valence-electron chi connectivity index (χ0n) is 10.7. The van der Waals surface area contributed by atoms with Gasteiger partial charge in [-0.05, 0) is 38.9 Å². The maximum Gasteiger partial charge on any atom is 0.314 e. The highest BCUT2D eigenvalue weighted by atomic mass is 16.6.